The van der Waals surface area contributed by atoms with Crippen LogP contribution in [0.25, 0.3) is 16.7 Å². The van der Waals surface area contributed by atoms with Gasteiger partial charge in [-0.15, -0.1) is 0 Å². The predicted octanol–water partition coefficient (Wildman–Crippen LogP) is 2.02. The molecule has 0 aliphatic carbocycles. The topological polar surface area (TPSA) is 130 Å². The van der Waals surface area contributed by atoms with Gasteiger partial charge in [-0.2, -0.15) is 5.10 Å². The summed E-state index contributed by atoms with van der Waals surface area (Å²) in [5, 5.41) is 17.6. The van der Waals surface area contributed by atoms with Gasteiger partial charge in [0.05, 0.1) is 22.2 Å². The van der Waals surface area contributed by atoms with Crippen LogP contribution in [0.2, 0.25) is 0 Å². The van der Waals surface area contributed by atoms with E-state index in [1.54, 1.807) is 23.0 Å². The lowest BCUT2D eigenvalue weighted by atomic mass is 9.98. The molecule has 4 rings (SSSR count). The fourth-order valence-electron chi connectivity index (χ4n) is 3.65. The summed E-state index contributed by atoms with van der Waals surface area (Å²) in [6, 6.07) is 6.44. The molecule has 0 saturated carbocycles. The molecule has 0 spiro atoms. The zero-order chi connectivity index (χ0) is 21.3. The van der Waals surface area contributed by atoms with E-state index in [0.717, 1.165) is 18.2 Å². The maximum absolute atomic E-state index is 11.7. The number of carbonyl (C=O) groups is 1. The van der Waals surface area contributed by atoms with Crippen molar-refractivity contribution in [1.29, 1.82) is 0 Å². The Labute approximate surface area is 173 Å². The minimum absolute atomic E-state index is 0.207. The highest BCUT2D eigenvalue weighted by Gasteiger charge is 2.23. The van der Waals surface area contributed by atoms with Gasteiger partial charge in [0.25, 0.3) is 0 Å². The zero-order valence-electron chi connectivity index (χ0n) is 16.4. The Bertz CT molecular complexity index is 1180. The number of rotatable bonds is 5. The van der Waals surface area contributed by atoms with Crippen molar-refractivity contribution in [3.63, 3.8) is 0 Å². The molecule has 1 fully saturated rings. The van der Waals surface area contributed by atoms with Crippen molar-refractivity contribution >= 4 is 32.8 Å². The van der Waals surface area contributed by atoms with Crippen LogP contribution in [0.1, 0.15) is 12.8 Å². The third-order valence-corrected chi connectivity index (χ3v) is 6.35. The first kappa shape index (κ1) is 20.1. The van der Waals surface area contributed by atoms with E-state index >= 15 is 0 Å². The van der Waals surface area contributed by atoms with Crippen molar-refractivity contribution < 1.29 is 18.3 Å². The Balaban J connectivity index is 1.54. The molecular weight excluding hydrogens is 408 g/mol. The number of likely N-dealkylation sites (tertiary alicyclic amines) is 1. The third kappa shape index (κ3) is 4.06. The fourth-order valence-corrected chi connectivity index (χ4v) is 4.29. The maximum atomic E-state index is 11.7. The molecule has 3 aromatic rings. The molecule has 1 amide bonds. The van der Waals surface area contributed by atoms with E-state index in [9.17, 15) is 18.3 Å². The molecule has 1 aliphatic rings. The number of hydrogen-bond acceptors (Lipinski definition) is 7. The summed E-state index contributed by atoms with van der Waals surface area (Å²) in [4.78, 5) is 21.5. The summed E-state index contributed by atoms with van der Waals surface area (Å²) in [6.07, 6.45) is 5.19. The van der Waals surface area contributed by atoms with Crippen LogP contribution in [-0.2, 0) is 9.84 Å². The van der Waals surface area contributed by atoms with Gasteiger partial charge in [0.1, 0.15) is 12.1 Å². The van der Waals surface area contributed by atoms with Crippen molar-refractivity contribution in [2.75, 3.05) is 31.2 Å². The molecule has 1 atom stereocenters. The fraction of sp³-hybridized carbons (Fsp3) is 0.368. The predicted molar refractivity (Wildman–Crippen MR) is 111 cm³/mol. The number of amides is 1. The van der Waals surface area contributed by atoms with Crippen molar-refractivity contribution in [1.82, 2.24) is 24.6 Å². The number of hydrogen-bond donors (Lipinski definition) is 2. The Morgan fingerprint density at radius 2 is 2.03 bits per heavy atom. The average molecular weight is 430 g/mol. The zero-order valence-corrected chi connectivity index (χ0v) is 17.2. The van der Waals surface area contributed by atoms with Gasteiger partial charge in [0, 0.05) is 25.9 Å². The van der Waals surface area contributed by atoms with Crippen LogP contribution in [0.4, 0.5) is 10.6 Å². The number of carboxylic acid groups (broad SMARTS) is 1. The van der Waals surface area contributed by atoms with Crippen LogP contribution < -0.4 is 5.32 Å². The van der Waals surface area contributed by atoms with Crippen LogP contribution in [0, 0.1) is 5.92 Å². The maximum Gasteiger partial charge on any atom is 0.407 e. The molecule has 30 heavy (non-hydrogen) atoms. The van der Waals surface area contributed by atoms with E-state index in [4.69, 9.17) is 0 Å². The molecule has 10 nitrogen and oxygen atoms in total. The molecule has 0 radical (unpaired) electrons. The Morgan fingerprint density at radius 3 is 2.73 bits per heavy atom. The molecular formula is C19H22N6O4S. The Morgan fingerprint density at radius 1 is 1.27 bits per heavy atom. The highest BCUT2D eigenvalue weighted by Crippen LogP contribution is 2.24. The summed E-state index contributed by atoms with van der Waals surface area (Å²) >= 11 is 0. The van der Waals surface area contributed by atoms with E-state index in [0.29, 0.717) is 36.8 Å². The molecule has 1 aromatic carbocycles. The number of fused-ring (bicyclic) bond motifs is 1. The van der Waals surface area contributed by atoms with E-state index in [1.165, 1.54) is 29.6 Å². The highest BCUT2D eigenvalue weighted by molar-refractivity contribution is 7.90. The van der Waals surface area contributed by atoms with Gasteiger partial charge in [-0.25, -0.2) is 27.9 Å². The summed E-state index contributed by atoms with van der Waals surface area (Å²) in [7, 11) is -3.27. The molecule has 1 aliphatic heterocycles. The Kier molecular flexibility index (Phi) is 5.29. The van der Waals surface area contributed by atoms with Crippen molar-refractivity contribution in [3.8, 4) is 5.69 Å². The standard InChI is InChI=1S/C19H22N6O4S/c1-30(28,29)15-6-4-14(5-7-15)25-18-16(10-23-25)17(21-12-22-18)20-9-13-3-2-8-24(11-13)19(26)27/h4-7,10,12-13H,2-3,8-9,11H2,1H3,(H,26,27)(H,20,21,22). The normalized spacial score (nSPS) is 17.2. The summed E-state index contributed by atoms with van der Waals surface area (Å²) in [5.41, 5.74) is 1.28. The number of aromatic nitrogens is 4. The van der Waals surface area contributed by atoms with Gasteiger partial charge in [-0.3, -0.25) is 0 Å². The Hall–Kier alpha value is -3.21. The summed E-state index contributed by atoms with van der Waals surface area (Å²) in [6.45, 7) is 1.68. The second-order valence-corrected chi connectivity index (χ2v) is 9.42. The van der Waals surface area contributed by atoms with Crippen molar-refractivity contribution in [3.05, 3.63) is 36.8 Å². The van der Waals surface area contributed by atoms with Gasteiger partial charge < -0.3 is 15.3 Å². The van der Waals surface area contributed by atoms with Gasteiger partial charge in [-0.05, 0) is 43.0 Å². The number of benzene rings is 1. The molecule has 3 heterocycles. The van der Waals surface area contributed by atoms with Crippen molar-refractivity contribution in [2.45, 2.75) is 17.7 Å². The van der Waals surface area contributed by atoms with Crippen molar-refractivity contribution in [2.24, 2.45) is 5.92 Å². The number of nitrogens with zero attached hydrogens (tertiary/aromatic N) is 5. The lowest BCUT2D eigenvalue weighted by Crippen LogP contribution is -2.41. The van der Waals surface area contributed by atoms with Crippen LogP contribution in [0.5, 0.6) is 0 Å². The van der Waals surface area contributed by atoms with Crippen LogP contribution in [0.15, 0.2) is 41.7 Å². The largest absolute Gasteiger partial charge is 0.465 e. The van der Waals surface area contributed by atoms with Gasteiger partial charge >= 0.3 is 6.09 Å². The van der Waals surface area contributed by atoms with E-state index in [2.05, 4.69) is 20.4 Å². The van der Waals surface area contributed by atoms with E-state index in [1.807, 2.05) is 0 Å². The lowest BCUT2D eigenvalue weighted by Gasteiger charge is -2.30. The quantitative estimate of drug-likeness (QED) is 0.629. The molecule has 11 heteroatoms. The first-order chi connectivity index (χ1) is 14.3. The SMILES string of the molecule is CS(=O)(=O)c1ccc(-n2ncc3c(NCC4CCCN(C(=O)O)C4)ncnc32)cc1. The van der Waals surface area contributed by atoms with E-state index in [-0.39, 0.29) is 10.8 Å². The second-order valence-electron chi connectivity index (χ2n) is 7.40. The molecule has 158 valence electrons. The van der Waals surface area contributed by atoms with Crippen LogP contribution >= 0.6 is 0 Å². The highest BCUT2D eigenvalue weighted by atomic mass is 32.2. The van der Waals surface area contributed by atoms with Gasteiger partial charge in [0.2, 0.25) is 0 Å². The second kappa shape index (κ2) is 7.90. The first-order valence-corrected chi connectivity index (χ1v) is 11.4. The third-order valence-electron chi connectivity index (χ3n) is 5.22. The monoisotopic (exact) mass is 430 g/mol. The van der Waals surface area contributed by atoms with E-state index < -0.39 is 15.9 Å². The molecule has 0 bridgehead atoms. The minimum Gasteiger partial charge on any atom is -0.465 e. The molecule has 2 aromatic heterocycles. The minimum atomic E-state index is -3.27. The molecule has 1 saturated heterocycles. The summed E-state index contributed by atoms with van der Waals surface area (Å²) in [5.74, 6) is 0.838. The smallest absolute Gasteiger partial charge is 0.407 e. The van der Waals surface area contributed by atoms with Gasteiger partial charge in [0.15, 0.2) is 15.5 Å². The van der Waals surface area contributed by atoms with Crippen LogP contribution in [0.3, 0.4) is 0 Å². The molecule has 1 unspecified atom stereocenters. The average Bonchev–Trinajstić information content (AvgIpc) is 3.16. The number of anilines is 1. The summed E-state index contributed by atoms with van der Waals surface area (Å²) < 4.78 is 24.9. The first-order valence-electron chi connectivity index (χ1n) is 9.54. The lowest BCUT2D eigenvalue weighted by molar-refractivity contribution is 0.122. The van der Waals surface area contributed by atoms with Crippen LogP contribution in [-0.4, -0.2) is 70.2 Å². The number of piperidine rings is 1. The van der Waals surface area contributed by atoms with Gasteiger partial charge in [-0.1, -0.05) is 0 Å². The number of nitrogens with one attached hydrogen (secondary N) is 1. The molecule has 2 N–H and O–H groups in total. The number of sulfone groups is 1.